The van der Waals surface area contributed by atoms with Crippen molar-refractivity contribution < 1.29 is 31.9 Å². The summed E-state index contributed by atoms with van der Waals surface area (Å²) < 4.78 is 55.6. The number of benzene rings is 1. The fourth-order valence-corrected chi connectivity index (χ4v) is 1.55. The van der Waals surface area contributed by atoms with Crippen LogP contribution in [-0.2, 0) is 15.7 Å². The van der Waals surface area contributed by atoms with E-state index < -0.39 is 41.3 Å². The van der Waals surface area contributed by atoms with Gasteiger partial charge in [0.1, 0.15) is 5.82 Å². The van der Waals surface area contributed by atoms with E-state index in [1.807, 2.05) is 0 Å². The molecule has 1 rings (SSSR count). The van der Waals surface area contributed by atoms with E-state index in [4.69, 9.17) is 0 Å². The van der Waals surface area contributed by atoms with Crippen molar-refractivity contribution in [1.29, 1.82) is 0 Å². The van der Waals surface area contributed by atoms with Gasteiger partial charge in [-0.15, -0.1) is 0 Å². The lowest BCUT2D eigenvalue weighted by atomic mass is 10.0. The zero-order valence-electron chi connectivity index (χ0n) is 10.6. The quantitative estimate of drug-likeness (QED) is 0.475. The second-order valence-corrected chi connectivity index (χ2v) is 3.89. The topological polar surface area (TPSA) is 43.4 Å². The number of carbonyl (C=O) groups is 2. The molecule has 0 fully saturated rings. The van der Waals surface area contributed by atoms with Gasteiger partial charge in [-0.25, -0.2) is 4.39 Å². The van der Waals surface area contributed by atoms with Crippen molar-refractivity contribution in [2.45, 2.75) is 25.9 Å². The molecule has 0 radical (unpaired) electrons. The zero-order chi connectivity index (χ0) is 15.3. The van der Waals surface area contributed by atoms with Crippen molar-refractivity contribution in [3.8, 4) is 0 Å². The largest absolute Gasteiger partial charge is 0.466 e. The number of hydrogen-bond acceptors (Lipinski definition) is 3. The molecule has 110 valence electrons. The lowest BCUT2D eigenvalue weighted by molar-refractivity contribution is -0.143. The van der Waals surface area contributed by atoms with E-state index >= 15 is 0 Å². The third kappa shape index (κ3) is 4.04. The van der Waals surface area contributed by atoms with Gasteiger partial charge in [0, 0.05) is 6.42 Å². The van der Waals surface area contributed by atoms with Crippen LogP contribution in [0.3, 0.4) is 0 Å². The van der Waals surface area contributed by atoms with Crippen molar-refractivity contribution in [3.05, 3.63) is 35.1 Å². The Hall–Kier alpha value is -1.92. The first-order chi connectivity index (χ1) is 9.27. The number of carbonyl (C=O) groups excluding carboxylic acids is 2. The minimum absolute atomic E-state index is 0.130. The lowest BCUT2D eigenvalue weighted by Crippen LogP contribution is -2.13. The normalized spacial score (nSPS) is 11.2. The van der Waals surface area contributed by atoms with Crippen LogP contribution in [0.25, 0.3) is 0 Å². The van der Waals surface area contributed by atoms with Crippen LogP contribution in [0, 0.1) is 5.82 Å². The van der Waals surface area contributed by atoms with E-state index in [1.165, 1.54) is 0 Å². The summed E-state index contributed by atoms with van der Waals surface area (Å²) in [5, 5.41) is 0. The predicted octanol–water partition coefficient (Wildman–Crippen LogP) is 3.37. The van der Waals surface area contributed by atoms with Gasteiger partial charge in [0.15, 0.2) is 5.78 Å². The molecule has 0 aliphatic carbocycles. The number of Topliss-reactive ketones (excluding diaryl/α,β-unsaturated/α-hetero) is 1. The monoisotopic (exact) mass is 292 g/mol. The van der Waals surface area contributed by atoms with E-state index in [0.29, 0.717) is 6.07 Å². The first-order valence-corrected chi connectivity index (χ1v) is 5.82. The molecular weight excluding hydrogens is 280 g/mol. The van der Waals surface area contributed by atoms with Crippen LogP contribution in [0.1, 0.15) is 35.7 Å². The highest BCUT2D eigenvalue weighted by atomic mass is 19.4. The van der Waals surface area contributed by atoms with E-state index in [2.05, 4.69) is 4.74 Å². The third-order valence-corrected chi connectivity index (χ3v) is 2.47. The predicted molar refractivity (Wildman–Crippen MR) is 61.6 cm³/mol. The first-order valence-electron chi connectivity index (χ1n) is 5.82. The van der Waals surface area contributed by atoms with Gasteiger partial charge in [0.2, 0.25) is 0 Å². The van der Waals surface area contributed by atoms with Crippen LogP contribution in [0.4, 0.5) is 17.6 Å². The van der Waals surface area contributed by atoms with Crippen molar-refractivity contribution in [2.24, 2.45) is 0 Å². The number of halogens is 4. The molecule has 0 spiro atoms. The van der Waals surface area contributed by atoms with Gasteiger partial charge in [0.05, 0.1) is 24.2 Å². The van der Waals surface area contributed by atoms with Crippen molar-refractivity contribution in [3.63, 3.8) is 0 Å². The van der Waals surface area contributed by atoms with Crippen LogP contribution in [0.2, 0.25) is 0 Å². The maximum absolute atomic E-state index is 13.6. The molecule has 0 bridgehead atoms. The standard InChI is InChI=1S/C13H12F4O3/c1-2-20-11(19)7-6-10(18)8-4-3-5-9(12(8)14)13(15,16)17/h3-5H,2,6-7H2,1H3. The Morgan fingerprint density at radius 3 is 2.40 bits per heavy atom. The molecule has 0 saturated heterocycles. The average Bonchev–Trinajstić information content (AvgIpc) is 2.35. The lowest BCUT2D eigenvalue weighted by Gasteiger charge is -2.10. The summed E-state index contributed by atoms with van der Waals surface area (Å²) in [5.41, 5.74) is -2.18. The summed E-state index contributed by atoms with van der Waals surface area (Å²) in [6.07, 6.45) is -5.58. The fourth-order valence-electron chi connectivity index (χ4n) is 1.55. The van der Waals surface area contributed by atoms with Crippen LogP contribution in [0.5, 0.6) is 0 Å². The van der Waals surface area contributed by atoms with Crippen LogP contribution < -0.4 is 0 Å². The molecular formula is C13H12F4O3. The van der Waals surface area contributed by atoms with Crippen LogP contribution in [0.15, 0.2) is 18.2 Å². The number of rotatable bonds is 5. The molecule has 0 saturated carbocycles. The van der Waals surface area contributed by atoms with Gasteiger partial charge in [0.25, 0.3) is 0 Å². The number of esters is 1. The number of alkyl halides is 3. The number of hydrogen-bond donors (Lipinski definition) is 0. The Morgan fingerprint density at radius 1 is 1.20 bits per heavy atom. The van der Waals surface area contributed by atoms with Crippen LogP contribution >= 0.6 is 0 Å². The summed E-state index contributed by atoms with van der Waals surface area (Å²) in [5.74, 6) is -3.15. The summed E-state index contributed by atoms with van der Waals surface area (Å²) in [6.45, 7) is 1.71. The molecule has 3 nitrogen and oxygen atoms in total. The van der Waals surface area contributed by atoms with E-state index in [-0.39, 0.29) is 13.0 Å². The molecule has 0 N–H and O–H groups in total. The summed E-state index contributed by atoms with van der Waals surface area (Å²) in [6, 6.07) is 2.46. The highest BCUT2D eigenvalue weighted by Gasteiger charge is 2.35. The van der Waals surface area contributed by atoms with Crippen molar-refractivity contribution >= 4 is 11.8 Å². The van der Waals surface area contributed by atoms with E-state index in [9.17, 15) is 27.2 Å². The number of ketones is 1. The number of ether oxygens (including phenoxy) is 1. The van der Waals surface area contributed by atoms with E-state index in [1.54, 1.807) is 6.92 Å². The molecule has 0 aliphatic rings. The van der Waals surface area contributed by atoms with E-state index in [0.717, 1.165) is 12.1 Å². The smallest absolute Gasteiger partial charge is 0.419 e. The molecule has 20 heavy (non-hydrogen) atoms. The van der Waals surface area contributed by atoms with Gasteiger partial charge >= 0.3 is 12.1 Å². The molecule has 0 heterocycles. The van der Waals surface area contributed by atoms with Gasteiger partial charge in [-0.05, 0) is 19.1 Å². The van der Waals surface area contributed by atoms with Gasteiger partial charge in [-0.2, -0.15) is 13.2 Å². The molecule has 0 atom stereocenters. The highest BCUT2D eigenvalue weighted by Crippen LogP contribution is 2.32. The Bertz CT molecular complexity index is 509. The second kappa shape index (κ2) is 6.49. The van der Waals surface area contributed by atoms with Gasteiger partial charge in [-0.3, -0.25) is 9.59 Å². The summed E-state index contributed by atoms with van der Waals surface area (Å²) in [4.78, 5) is 22.7. The van der Waals surface area contributed by atoms with Crippen molar-refractivity contribution in [2.75, 3.05) is 6.61 Å². The molecule has 1 aromatic rings. The molecule has 0 unspecified atom stereocenters. The Labute approximate surface area is 112 Å². The second-order valence-electron chi connectivity index (χ2n) is 3.89. The average molecular weight is 292 g/mol. The molecule has 0 amide bonds. The van der Waals surface area contributed by atoms with Gasteiger partial charge < -0.3 is 4.74 Å². The Balaban J connectivity index is 2.87. The molecule has 1 aromatic carbocycles. The maximum Gasteiger partial charge on any atom is 0.419 e. The molecule has 7 heteroatoms. The minimum atomic E-state index is -4.87. The van der Waals surface area contributed by atoms with Crippen LogP contribution in [-0.4, -0.2) is 18.4 Å². The first kappa shape index (κ1) is 16.1. The fraction of sp³-hybridized carbons (Fsp3) is 0.385. The summed E-state index contributed by atoms with van der Waals surface area (Å²) in [7, 11) is 0. The summed E-state index contributed by atoms with van der Waals surface area (Å²) >= 11 is 0. The Morgan fingerprint density at radius 2 is 1.85 bits per heavy atom. The molecule has 0 aliphatic heterocycles. The maximum atomic E-state index is 13.6. The van der Waals surface area contributed by atoms with Crippen molar-refractivity contribution in [1.82, 2.24) is 0 Å². The molecule has 0 aromatic heterocycles. The minimum Gasteiger partial charge on any atom is -0.466 e. The SMILES string of the molecule is CCOC(=O)CCC(=O)c1cccc(C(F)(F)F)c1F. The third-order valence-electron chi connectivity index (χ3n) is 2.47. The highest BCUT2D eigenvalue weighted by molar-refractivity contribution is 5.98. The van der Waals surface area contributed by atoms with Gasteiger partial charge in [-0.1, -0.05) is 6.07 Å². The Kier molecular flexibility index (Phi) is 5.24. The zero-order valence-corrected chi connectivity index (χ0v) is 10.6.